The Morgan fingerprint density at radius 3 is 2.50 bits per heavy atom. The van der Waals surface area contributed by atoms with Crippen LogP contribution in [0.4, 0.5) is 0 Å². The van der Waals surface area contributed by atoms with Gasteiger partial charge in [-0.1, -0.05) is 19.1 Å². The molecule has 1 amide bonds. The molecule has 0 aliphatic rings. The molecule has 3 heteroatoms. The normalized spacial score (nSPS) is 12.3. The third kappa shape index (κ3) is 2.66. The van der Waals surface area contributed by atoms with E-state index in [1.165, 1.54) is 4.90 Å². The Morgan fingerprint density at radius 2 is 2.17 bits per heavy atom. The highest BCUT2D eigenvalue weighted by Gasteiger charge is 2.17. The van der Waals surface area contributed by atoms with Crippen molar-refractivity contribution in [2.45, 2.75) is 20.3 Å². The zero-order valence-electron chi connectivity index (χ0n) is 8.00. The monoisotopic (exact) mass is 171 g/mol. The van der Waals surface area contributed by atoms with E-state index in [2.05, 4.69) is 6.58 Å². The predicted octanol–water partition coefficient (Wildman–Crippen LogP) is 0.997. The first kappa shape index (κ1) is 11.2. The Morgan fingerprint density at radius 1 is 1.67 bits per heavy atom. The molecule has 0 bridgehead atoms. The van der Waals surface area contributed by atoms with Crippen LogP contribution in [0, 0.1) is 5.92 Å². The van der Waals surface area contributed by atoms with Gasteiger partial charge in [-0.05, 0) is 13.3 Å². The number of rotatable bonds is 4. The average Bonchev–Trinajstić information content (AvgIpc) is 2.12. The molecule has 0 heterocycles. The van der Waals surface area contributed by atoms with Crippen molar-refractivity contribution in [2.24, 2.45) is 5.92 Å². The van der Waals surface area contributed by atoms with Gasteiger partial charge >= 0.3 is 0 Å². The van der Waals surface area contributed by atoms with Crippen LogP contribution in [0.2, 0.25) is 0 Å². The molecular formula is C9H17NO2. The molecule has 70 valence electrons. The van der Waals surface area contributed by atoms with Crippen molar-refractivity contribution in [3.63, 3.8) is 0 Å². The van der Waals surface area contributed by atoms with Gasteiger partial charge in [0.15, 0.2) is 0 Å². The third-order valence-electron chi connectivity index (χ3n) is 2.03. The topological polar surface area (TPSA) is 40.5 Å². The molecule has 12 heavy (non-hydrogen) atoms. The predicted molar refractivity (Wildman–Crippen MR) is 48.5 cm³/mol. The number of aliphatic hydroxyl groups is 1. The van der Waals surface area contributed by atoms with Crippen LogP contribution < -0.4 is 0 Å². The van der Waals surface area contributed by atoms with Crippen LogP contribution in [0.15, 0.2) is 12.2 Å². The second kappa shape index (κ2) is 4.93. The van der Waals surface area contributed by atoms with Crippen molar-refractivity contribution in [2.75, 3.05) is 13.8 Å². The Hall–Kier alpha value is -0.830. The van der Waals surface area contributed by atoms with Crippen molar-refractivity contribution >= 4 is 5.91 Å². The summed E-state index contributed by atoms with van der Waals surface area (Å²) >= 11 is 0. The van der Waals surface area contributed by atoms with E-state index < -0.39 is 0 Å². The summed E-state index contributed by atoms with van der Waals surface area (Å²) in [7, 11) is 1.57. The molecule has 0 aliphatic carbocycles. The average molecular weight is 171 g/mol. The molecule has 1 atom stereocenters. The van der Waals surface area contributed by atoms with Gasteiger partial charge in [0.2, 0.25) is 5.91 Å². The van der Waals surface area contributed by atoms with Gasteiger partial charge in [0.05, 0.1) is 5.92 Å². The van der Waals surface area contributed by atoms with Gasteiger partial charge in [-0.2, -0.15) is 0 Å². The third-order valence-corrected chi connectivity index (χ3v) is 2.03. The van der Waals surface area contributed by atoms with Crippen molar-refractivity contribution in [3.05, 3.63) is 12.2 Å². The van der Waals surface area contributed by atoms with Gasteiger partial charge in [-0.25, -0.2) is 0 Å². The summed E-state index contributed by atoms with van der Waals surface area (Å²) in [6.45, 7) is 7.32. The van der Waals surface area contributed by atoms with E-state index in [1.807, 2.05) is 6.92 Å². The number of hydrogen-bond donors (Lipinski definition) is 1. The maximum Gasteiger partial charge on any atom is 0.231 e. The smallest absolute Gasteiger partial charge is 0.231 e. The van der Waals surface area contributed by atoms with Gasteiger partial charge in [-0.3, -0.25) is 4.79 Å². The molecule has 0 aliphatic heterocycles. The molecule has 0 aromatic carbocycles. The summed E-state index contributed by atoms with van der Waals surface area (Å²) < 4.78 is 0. The molecule has 0 radical (unpaired) electrons. The van der Waals surface area contributed by atoms with Crippen LogP contribution in [-0.2, 0) is 4.79 Å². The largest absolute Gasteiger partial charge is 0.376 e. The SMILES string of the molecule is C=C(CC)C(C)C(=O)N(C)CO. The molecule has 0 saturated carbocycles. The number of carbonyl (C=O) groups is 1. The highest BCUT2D eigenvalue weighted by Crippen LogP contribution is 2.13. The minimum atomic E-state index is -0.236. The van der Waals surface area contributed by atoms with E-state index in [0.29, 0.717) is 0 Å². The lowest BCUT2D eigenvalue weighted by Gasteiger charge is -2.19. The lowest BCUT2D eigenvalue weighted by atomic mass is 9.99. The molecule has 0 aromatic rings. The maximum absolute atomic E-state index is 11.4. The Bertz CT molecular complexity index is 177. The van der Waals surface area contributed by atoms with Crippen molar-refractivity contribution in [1.82, 2.24) is 4.90 Å². The molecule has 0 spiro atoms. The number of nitrogens with zero attached hydrogens (tertiary/aromatic N) is 1. The van der Waals surface area contributed by atoms with E-state index in [9.17, 15) is 4.79 Å². The minimum absolute atomic E-state index is 0.0793. The molecule has 0 aromatic heterocycles. The van der Waals surface area contributed by atoms with Crippen LogP contribution in [0.5, 0.6) is 0 Å². The van der Waals surface area contributed by atoms with E-state index in [0.717, 1.165) is 12.0 Å². The molecule has 0 fully saturated rings. The van der Waals surface area contributed by atoms with Crippen LogP contribution in [0.3, 0.4) is 0 Å². The Labute approximate surface area is 73.7 Å². The molecule has 0 rings (SSSR count). The van der Waals surface area contributed by atoms with E-state index in [-0.39, 0.29) is 18.6 Å². The summed E-state index contributed by atoms with van der Waals surface area (Å²) in [6, 6.07) is 0. The fourth-order valence-corrected chi connectivity index (χ4v) is 0.881. The van der Waals surface area contributed by atoms with Crippen LogP contribution >= 0.6 is 0 Å². The van der Waals surface area contributed by atoms with E-state index in [1.54, 1.807) is 14.0 Å². The molecule has 3 nitrogen and oxygen atoms in total. The number of hydrogen-bond acceptors (Lipinski definition) is 2. The maximum atomic E-state index is 11.4. The summed E-state index contributed by atoms with van der Waals surface area (Å²) in [5.74, 6) is -0.267. The first-order chi connectivity index (χ1) is 5.54. The zero-order chi connectivity index (χ0) is 9.72. The highest BCUT2D eigenvalue weighted by molar-refractivity contribution is 5.80. The molecule has 1 N–H and O–H groups in total. The Kier molecular flexibility index (Phi) is 4.59. The van der Waals surface area contributed by atoms with Gasteiger partial charge in [-0.15, -0.1) is 0 Å². The first-order valence-corrected chi connectivity index (χ1v) is 4.08. The lowest BCUT2D eigenvalue weighted by Crippen LogP contribution is -2.32. The minimum Gasteiger partial charge on any atom is -0.376 e. The van der Waals surface area contributed by atoms with Crippen molar-refractivity contribution < 1.29 is 9.90 Å². The fourth-order valence-electron chi connectivity index (χ4n) is 0.881. The fraction of sp³-hybridized carbons (Fsp3) is 0.667. The van der Waals surface area contributed by atoms with E-state index >= 15 is 0 Å². The second-order valence-corrected chi connectivity index (χ2v) is 2.91. The zero-order valence-corrected chi connectivity index (χ0v) is 8.00. The molecule has 1 unspecified atom stereocenters. The van der Waals surface area contributed by atoms with Crippen LogP contribution in [0.1, 0.15) is 20.3 Å². The molecule has 0 saturated heterocycles. The summed E-state index contributed by atoms with van der Waals surface area (Å²) in [5, 5.41) is 8.68. The number of carbonyl (C=O) groups excluding carboxylic acids is 1. The second-order valence-electron chi connectivity index (χ2n) is 2.91. The summed E-state index contributed by atoms with van der Waals surface area (Å²) in [5.41, 5.74) is 0.903. The van der Waals surface area contributed by atoms with Gasteiger partial charge in [0.25, 0.3) is 0 Å². The van der Waals surface area contributed by atoms with Crippen LogP contribution in [-0.4, -0.2) is 29.7 Å². The Balaban J connectivity index is 4.19. The summed E-state index contributed by atoms with van der Waals surface area (Å²) in [4.78, 5) is 12.7. The number of aliphatic hydroxyl groups excluding tert-OH is 1. The van der Waals surface area contributed by atoms with Gasteiger partial charge < -0.3 is 10.0 Å². The summed E-state index contributed by atoms with van der Waals surface area (Å²) in [6.07, 6.45) is 0.798. The first-order valence-electron chi connectivity index (χ1n) is 4.08. The van der Waals surface area contributed by atoms with Crippen LogP contribution in [0.25, 0.3) is 0 Å². The number of amides is 1. The lowest BCUT2D eigenvalue weighted by molar-refractivity contribution is -0.135. The van der Waals surface area contributed by atoms with Crippen molar-refractivity contribution in [1.29, 1.82) is 0 Å². The van der Waals surface area contributed by atoms with Gasteiger partial charge in [0.1, 0.15) is 6.73 Å². The van der Waals surface area contributed by atoms with E-state index in [4.69, 9.17) is 5.11 Å². The molecular weight excluding hydrogens is 154 g/mol. The highest BCUT2D eigenvalue weighted by atomic mass is 16.3. The van der Waals surface area contributed by atoms with Crippen molar-refractivity contribution in [3.8, 4) is 0 Å². The standard InChI is InChI=1S/C9H17NO2/c1-5-7(2)8(3)9(12)10(4)6-11/h8,11H,2,5-6H2,1,3-4H3. The quantitative estimate of drug-likeness (QED) is 0.506. The van der Waals surface area contributed by atoms with Gasteiger partial charge in [0, 0.05) is 7.05 Å².